The predicted octanol–water partition coefficient (Wildman–Crippen LogP) is 4.60. The predicted molar refractivity (Wildman–Crippen MR) is 101 cm³/mol. The zero-order chi connectivity index (χ0) is 19.7. The van der Waals surface area contributed by atoms with E-state index >= 15 is 0 Å². The summed E-state index contributed by atoms with van der Waals surface area (Å²) in [5.41, 5.74) is 1.93. The minimum absolute atomic E-state index is 0.0253. The second kappa shape index (κ2) is 7.47. The molecule has 0 bridgehead atoms. The Morgan fingerprint density at radius 1 is 1.18 bits per heavy atom. The van der Waals surface area contributed by atoms with Crippen molar-refractivity contribution in [3.8, 4) is 11.5 Å². The van der Waals surface area contributed by atoms with Crippen LogP contribution in [0.3, 0.4) is 0 Å². The number of anilines is 1. The highest BCUT2D eigenvalue weighted by Gasteiger charge is 2.25. The first-order valence-corrected chi connectivity index (χ1v) is 8.70. The molecular weight excluding hydrogens is 390 g/mol. The molecule has 1 N–H and O–H groups in total. The molecule has 1 aromatic heterocycles. The van der Waals surface area contributed by atoms with E-state index in [2.05, 4.69) is 20.1 Å². The summed E-state index contributed by atoms with van der Waals surface area (Å²) < 4.78 is 37.3. The molecule has 9 heteroatoms. The number of hydrogen-bond donors (Lipinski definition) is 1. The Labute approximate surface area is 164 Å². The number of hydrogen-bond acceptors (Lipinski definition) is 5. The molecule has 28 heavy (non-hydrogen) atoms. The van der Waals surface area contributed by atoms with E-state index in [1.54, 1.807) is 23.9 Å². The average Bonchev–Trinajstić information content (AvgIpc) is 3.15. The molecule has 0 fully saturated rings. The van der Waals surface area contributed by atoms with Crippen LogP contribution in [0.15, 0.2) is 54.9 Å². The van der Waals surface area contributed by atoms with E-state index in [4.69, 9.17) is 16.3 Å². The maximum Gasteiger partial charge on any atom is 0.387 e. The van der Waals surface area contributed by atoms with Crippen molar-refractivity contribution in [2.75, 3.05) is 12.4 Å². The molecule has 6 nitrogen and oxygen atoms in total. The molecule has 0 aliphatic carbocycles. The van der Waals surface area contributed by atoms with Gasteiger partial charge in [-0.05, 0) is 42.0 Å². The summed E-state index contributed by atoms with van der Waals surface area (Å²) in [4.78, 5) is 4.21. The minimum Gasteiger partial charge on any atom is -0.497 e. The van der Waals surface area contributed by atoms with Crippen molar-refractivity contribution in [1.82, 2.24) is 14.8 Å². The number of rotatable bonds is 5. The number of fused-ring (bicyclic) bond motifs is 1. The molecule has 2 heterocycles. The van der Waals surface area contributed by atoms with Crippen LogP contribution in [0, 0.1) is 0 Å². The molecule has 0 spiro atoms. The third-order valence-corrected chi connectivity index (χ3v) is 4.55. The lowest BCUT2D eigenvalue weighted by molar-refractivity contribution is -0.0500. The molecule has 0 saturated carbocycles. The van der Waals surface area contributed by atoms with Crippen molar-refractivity contribution in [1.29, 1.82) is 0 Å². The summed E-state index contributed by atoms with van der Waals surface area (Å²) in [6.45, 7) is -2.97. The SMILES string of the molecule is COc1ccc([C@H]2C=C(c3ccc(Cl)cc3OC(F)F)Nc3ncnn32)cc1. The van der Waals surface area contributed by atoms with E-state index in [0.29, 0.717) is 22.2 Å². The summed E-state index contributed by atoms with van der Waals surface area (Å²) in [5.74, 6) is 1.19. The molecule has 0 saturated heterocycles. The largest absolute Gasteiger partial charge is 0.497 e. The van der Waals surface area contributed by atoms with Gasteiger partial charge in [0, 0.05) is 10.6 Å². The van der Waals surface area contributed by atoms with Gasteiger partial charge in [0.15, 0.2) is 0 Å². The number of nitrogens with zero attached hydrogens (tertiary/aromatic N) is 3. The van der Waals surface area contributed by atoms with E-state index < -0.39 is 6.61 Å². The van der Waals surface area contributed by atoms with Gasteiger partial charge >= 0.3 is 6.61 Å². The molecule has 3 aromatic rings. The summed E-state index contributed by atoms with van der Waals surface area (Å²) in [6, 6.07) is 11.8. The smallest absolute Gasteiger partial charge is 0.387 e. The van der Waals surface area contributed by atoms with E-state index in [1.165, 1.54) is 12.4 Å². The highest BCUT2D eigenvalue weighted by atomic mass is 35.5. The number of allylic oxidation sites excluding steroid dienone is 1. The third kappa shape index (κ3) is 3.50. The summed E-state index contributed by atoms with van der Waals surface area (Å²) in [5, 5.41) is 7.67. The Morgan fingerprint density at radius 2 is 1.96 bits per heavy atom. The first-order chi connectivity index (χ1) is 13.5. The van der Waals surface area contributed by atoms with Gasteiger partial charge in [0.1, 0.15) is 23.9 Å². The quantitative estimate of drug-likeness (QED) is 0.673. The topological polar surface area (TPSA) is 61.2 Å². The van der Waals surface area contributed by atoms with E-state index in [9.17, 15) is 8.78 Å². The number of aromatic nitrogens is 3. The molecule has 144 valence electrons. The lowest BCUT2D eigenvalue weighted by atomic mass is 10.0. The highest BCUT2D eigenvalue weighted by molar-refractivity contribution is 6.30. The summed E-state index contributed by atoms with van der Waals surface area (Å²) in [7, 11) is 1.60. The minimum atomic E-state index is -2.97. The van der Waals surface area contributed by atoms with Crippen molar-refractivity contribution in [3.63, 3.8) is 0 Å². The fourth-order valence-electron chi connectivity index (χ4n) is 3.04. The standard InChI is InChI=1S/C19H15ClF2N4O2/c1-27-13-5-2-11(3-6-13)16-9-15(25-19-23-10-24-26(16)19)14-7-4-12(20)8-17(14)28-18(21)22/h2-10,16,18H,1H3,(H,23,24,25)/t16-/m1/s1. The first kappa shape index (κ1) is 18.2. The summed E-state index contributed by atoms with van der Waals surface area (Å²) >= 11 is 5.95. The lowest BCUT2D eigenvalue weighted by Gasteiger charge is -2.25. The Kier molecular flexibility index (Phi) is 4.87. The average molecular weight is 405 g/mol. The van der Waals surface area contributed by atoms with Crippen molar-refractivity contribution < 1.29 is 18.3 Å². The van der Waals surface area contributed by atoms with Crippen LogP contribution in [0.1, 0.15) is 17.2 Å². The molecule has 0 radical (unpaired) electrons. The van der Waals surface area contributed by atoms with Crippen molar-refractivity contribution >= 4 is 23.2 Å². The second-order valence-corrected chi connectivity index (χ2v) is 6.41. The van der Waals surface area contributed by atoms with Crippen LogP contribution in [0.2, 0.25) is 5.02 Å². The van der Waals surface area contributed by atoms with Crippen LogP contribution in [0.25, 0.3) is 5.70 Å². The van der Waals surface area contributed by atoms with Crippen molar-refractivity contribution in [3.05, 3.63) is 71.0 Å². The molecule has 1 atom stereocenters. The number of benzene rings is 2. The maximum absolute atomic E-state index is 12.9. The molecule has 0 unspecified atom stereocenters. The monoisotopic (exact) mass is 404 g/mol. The van der Waals surface area contributed by atoms with Crippen LogP contribution in [0.4, 0.5) is 14.7 Å². The van der Waals surface area contributed by atoms with Crippen molar-refractivity contribution in [2.24, 2.45) is 0 Å². The molecule has 1 aliphatic heterocycles. The number of halogens is 3. The van der Waals surface area contributed by atoms with E-state index in [-0.39, 0.29) is 11.8 Å². The summed E-state index contributed by atoms with van der Waals surface area (Å²) in [6.07, 6.45) is 3.29. The Hall–Kier alpha value is -3.13. The van der Waals surface area contributed by atoms with E-state index in [0.717, 1.165) is 11.3 Å². The van der Waals surface area contributed by atoms with Gasteiger partial charge in [0.2, 0.25) is 5.95 Å². The van der Waals surface area contributed by atoms with Gasteiger partial charge in [0.25, 0.3) is 0 Å². The molecule has 4 rings (SSSR count). The third-order valence-electron chi connectivity index (χ3n) is 4.31. The Morgan fingerprint density at radius 3 is 2.68 bits per heavy atom. The second-order valence-electron chi connectivity index (χ2n) is 5.97. The zero-order valence-corrected chi connectivity index (χ0v) is 15.4. The van der Waals surface area contributed by atoms with Gasteiger partial charge < -0.3 is 14.8 Å². The van der Waals surface area contributed by atoms with Gasteiger partial charge in [-0.15, -0.1) is 0 Å². The Bertz CT molecular complexity index is 1020. The fourth-order valence-corrected chi connectivity index (χ4v) is 3.20. The van der Waals surface area contributed by atoms with Gasteiger partial charge in [-0.3, -0.25) is 0 Å². The van der Waals surface area contributed by atoms with Crippen LogP contribution >= 0.6 is 11.6 Å². The number of nitrogens with one attached hydrogen (secondary N) is 1. The van der Waals surface area contributed by atoms with Gasteiger partial charge in [-0.1, -0.05) is 23.7 Å². The van der Waals surface area contributed by atoms with Gasteiger partial charge in [-0.2, -0.15) is 18.9 Å². The van der Waals surface area contributed by atoms with Gasteiger partial charge in [0.05, 0.1) is 12.8 Å². The van der Waals surface area contributed by atoms with Crippen molar-refractivity contribution in [2.45, 2.75) is 12.7 Å². The molecule has 1 aliphatic rings. The van der Waals surface area contributed by atoms with Crippen LogP contribution in [0.5, 0.6) is 11.5 Å². The van der Waals surface area contributed by atoms with E-state index in [1.807, 2.05) is 30.3 Å². The Balaban J connectivity index is 1.79. The van der Waals surface area contributed by atoms with Crippen LogP contribution in [-0.2, 0) is 0 Å². The molecule has 0 amide bonds. The number of ether oxygens (including phenoxy) is 2. The highest BCUT2D eigenvalue weighted by Crippen LogP contribution is 2.37. The zero-order valence-electron chi connectivity index (χ0n) is 14.6. The number of alkyl halides is 2. The maximum atomic E-state index is 12.9. The fraction of sp³-hybridized carbons (Fsp3) is 0.158. The number of methoxy groups -OCH3 is 1. The lowest BCUT2D eigenvalue weighted by Crippen LogP contribution is -2.20. The first-order valence-electron chi connectivity index (χ1n) is 8.32. The molecule has 2 aromatic carbocycles. The molecular formula is C19H15ClF2N4O2. The van der Waals surface area contributed by atoms with Crippen LogP contribution in [-0.4, -0.2) is 28.5 Å². The normalized spacial score (nSPS) is 15.6. The van der Waals surface area contributed by atoms with Crippen LogP contribution < -0.4 is 14.8 Å². The van der Waals surface area contributed by atoms with Gasteiger partial charge in [-0.25, -0.2) is 4.68 Å².